The lowest BCUT2D eigenvalue weighted by molar-refractivity contribution is -0.122. The molecule has 0 unspecified atom stereocenters. The molecule has 0 aliphatic heterocycles. The molecule has 1 aromatic carbocycles. The predicted molar refractivity (Wildman–Crippen MR) is 87.1 cm³/mol. The van der Waals surface area contributed by atoms with Gasteiger partial charge in [-0.25, -0.2) is 0 Å². The molecule has 6 heteroatoms. The molecule has 1 rings (SSSR count). The van der Waals surface area contributed by atoms with E-state index in [9.17, 15) is 4.79 Å². The number of carbonyl (C=O) groups is 1. The minimum atomic E-state index is -0.219. The van der Waals surface area contributed by atoms with E-state index in [4.69, 9.17) is 14.2 Å². The summed E-state index contributed by atoms with van der Waals surface area (Å²) in [5.74, 6) is 1.69. The number of methoxy groups -OCH3 is 3. The summed E-state index contributed by atoms with van der Waals surface area (Å²) >= 11 is 0. The Balaban J connectivity index is 2.68. The molecule has 0 saturated heterocycles. The first-order valence-corrected chi connectivity index (χ1v) is 7.15. The van der Waals surface area contributed by atoms with E-state index < -0.39 is 0 Å². The standard InChI is InChI=1S/C16H26N2O4/c1-16(2,3)18-14(19)7-8-17-11-9-12(20-4)15(22-6)13(10-11)21-5/h9-10,17H,7-8H2,1-6H3,(H,18,19). The van der Waals surface area contributed by atoms with E-state index in [0.717, 1.165) is 5.69 Å². The Bertz CT molecular complexity index is 484. The topological polar surface area (TPSA) is 68.8 Å². The average Bonchev–Trinajstić information content (AvgIpc) is 2.44. The van der Waals surface area contributed by atoms with Crippen LogP contribution in [0.15, 0.2) is 12.1 Å². The molecule has 2 N–H and O–H groups in total. The van der Waals surface area contributed by atoms with Crippen molar-refractivity contribution in [2.75, 3.05) is 33.2 Å². The van der Waals surface area contributed by atoms with Crippen LogP contribution in [0.2, 0.25) is 0 Å². The fraction of sp³-hybridized carbons (Fsp3) is 0.562. The van der Waals surface area contributed by atoms with E-state index in [1.807, 2.05) is 32.9 Å². The molecule has 22 heavy (non-hydrogen) atoms. The van der Waals surface area contributed by atoms with E-state index >= 15 is 0 Å². The maximum Gasteiger partial charge on any atom is 0.222 e. The van der Waals surface area contributed by atoms with Gasteiger partial charge in [-0.3, -0.25) is 4.79 Å². The van der Waals surface area contributed by atoms with Gasteiger partial charge in [-0.1, -0.05) is 0 Å². The largest absolute Gasteiger partial charge is 0.493 e. The van der Waals surface area contributed by atoms with Crippen LogP contribution in [-0.2, 0) is 4.79 Å². The Kier molecular flexibility index (Phi) is 6.34. The summed E-state index contributed by atoms with van der Waals surface area (Å²) in [6.07, 6.45) is 0.383. The van der Waals surface area contributed by atoms with E-state index in [1.165, 1.54) is 0 Å². The van der Waals surface area contributed by atoms with Gasteiger partial charge >= 0.3 is 0 Å². The van der Waals surface area contributed by atoms with Crippen LogP contribution < -0.4 is 24.8 Å². The fourth-order valence-electron chi connectivity index (χ4n) is 1.98. The van der Waals surface area contributed by atoms with Crippen LogP contribution in [0, 0.1) is 0 Å². The smallest absolute Gasteiger partial charge is 0.222 e. The van der Waals surface area contributed by atoms with Crippen LogP contribution in [0.25, 0.3) is 0 Å². The second-order valence-electron chi connectivity index (χ2n) is 5.89. The molecule has 0 heterocycles. The zero-order valence-corrected chi connectivity index (χ0v) is 14.2. The molecular weight excluding hydrogens is 284 g/mol. The third kappa shape index (κ3) is 5.35. The summed E-state index contributed by atoms with van der Waals surface area (Å²) in [5.41, 5.74) is 0.585. The molecular formula is C16H26N2O4. The first kappa shape index (κ1) is 17.9. The summed E-state index contributed by atoms with van der Waals surface area (Å²) in [5, 5.41) is 6.11. The first-order valence-electron chi connectivity index (χ1n) is 7.15. The minimum absolute atomic E-state index is 0.00689. The number of ether oxygens (including phenoxy) is 3. The lowest BCUT2D eigenvalue weighted by Gasteiger charge is -2.20. The molecule has 0 bridgehead atoms. The van der Waals surface area contributed by atoms with Gasteiger partial charge in [0.1, 0.15) is 0 Å². The van der Waals surface area contributed by atoms with Gasteiger partial charge in [0.25, 0.3) is 0 Å². The van der Waals surface area contributed by atoms with Crippen molar-refractivity contribution in [1.29, 1.82) is 0 Å². The van der Waals surface area contributed by atoms with Gasteiger partial charge < -0.3 is 24.8 Å². The van der Waals surface area contributed by atoms with Crippen molar-refractivity contribution in [1.82, 2.24) is 5.32 Å². The van der Waals surface area contributed by atoms with E-state index in [2.05, 4.69) is 10.6 Å². The highest BCUT2D eigenvalue weighted by Crippen LogP contribution is 2.39. The Morgan fingerprint density at radius 3 is 2.00 bits per heavy atom. The molecule has 6 nitrogen and oxygen atoms in total. The third-order valence-corrected chi connectivity index (χ3v) is 2.86. The fourth-order valence-corrected chi connectivity index (χ4v) is 1.98. The van der Waals surface area contributed by atoms with Crippen molar-refractivity contribution in [2.45, 2.75) is 32.7 Å². The SMILES string of the molecule is COc1cc(NCCC(=O)NC(C)(C)C)cc(OC)c1OC. The molecule has 124 valence electrons. The van der Waals surface area contributed by atoms with Crippen LogP contribution >= 0.6 is 0 Å². The van der Waals surface area contributed by atoms with Gasteiger partial charge in [-0.15, -0.1) is 0 Å². The Morgan fingerprint density at radius 1 is 1.05 bits per heavy atom. The summed E-state index contributed by atoms with van der Waals surface area (Å²) in [6, 6.07) is 3.62. The molecule has 0 saturated carbocycles. The normalized spacial score (nSPS) is 10.8. The summed E-state index contributed by atoms with van der Waals surface area (Å²) in [6.45, 7) is 6.38. The molecule has 0 atom stereocenters. The highest BCUT2D eigenvalue weighted by molar-refractivity contribution is 5.77. The average molecular weight is 310 g/mol. The molecule has 0 spiro atoms. The Hall–Kier alpha value is -2.11. The zero-order chi connectivity index (χ0) is 16.8. The van der Waals surface area contributed by atoms with E-state index in [-0.39, 0.29) is 11.4 Å². The van der Waals surface area contributed by atoms with Gasteiger partial charge in [0.05, 0.1) is 21.3 Å². The summed E-state index contributed by atoms with van der Waals surface area (Å²) in [4.78, 5) is 11.8. The van der Waals surface area contributed by atoms with Crippen LogP contribution in [0.5, 0.6) is 17.2 Å². The number of carbonyl (C=O) groups excluding carboxylic acids is 1. The number of benzene rings is 1. The number of hydrogen-bond acceptors (Lipinski definition) is 5. The molecule has 1 aromatic rings. The Morgan fingerprint density at radius 2 is 1.59 bits per heavy atom. The molecule has 0 radical (unpaired) electrons. The van der Waals surface area contributed by atoms with Crippen molar-refractivity contribution < 1.29 is 19.0 Å². The minimum Gasteiger partial charge on any atom is -0.493 e. The summed E-state index contributed by atoms with van der Waals surface area (Å²) in [7, 11) is 4.69. The number of rotatable bonds is 7. The number of amides is 1. The molecule has 1 amide bonds. The molecule has 0 fully saturated rings. The monoisotopic (exact) mass is 310 g/mol. The number of anilines is 1. The molecule has 0 aliphatic rings. The number of hydrogen-bond donors (Lipinski definition) is 2. The highest BCUT2D eigenvalue weighted by Gasteiger charge is 2.15. The van der Waals surface area contributed by atoms with Gasteiger partial charge in [-0.2, -0.15) is 0 Å². The zero-order valence-electron chi connectivity index (χ0n) is 14.2. The number of nitrogens with one attached hydrogen (secondary N) is 2. The lowest BCUT2D eigenvalue weighted by atomic mass is 10.1. The summed E-state index contributed by atoms with van der Waals surface area (Å²) < 4.78 is 15.8. The van der Waals surface area contributed by atoms with Crippen molar-refractivity contribution in [2.24, 2.45) is 0 Å². The van der Waals surface area contributed by atoms with Gasteiger partial charge in [0, 0.05) is 36.3 Å². The molecule has 0 aliphatic carbocycles. The van der Waals surface area contributed by atoms with Crippen molar-refractivity contribution in [3.63, 3.8) is 0 Å². The van der Waals surface area contributed by atoms with Gasteiger partial charge in [0.15, 0.2) is 11.5 Å². The predicted octanol–water partition coefficient (Wildman–Crippen LogP) is 2.43. The maximum absolute atomic E-state index is 11.8. The van der Waals surface area contributed by atoms with Crippen LogP contribution in [0.3, 0.4) is 0 Å². The van der Waals surface area contributed by atoms with Crippen molar-refractivity contribution in [3.05, 3.63) is 12.1 Å². The van der Waals surface area contributed by atoms with Crippen LogP contribution in [0.1, 0.15) is 27.2 Å². The van der Waals surface area contributed by atoms with Crippen LogP contribution in [-0.4, -0.2) is 39.3 Å². The van der Waals surface area contributed by atoms with Crippen molar-refractivity contribution >= 4 is 11.6 Å². The van der Waals surface area contributed by atoms with E-state index in [1.54, 1.807) is 21.3 Å². The van der Waals surface area contributed by atoms with E-state index in [0.29, 0.717) is 30.2 Å². The van der Waals surface area contributed by atoms with Crippen molar-refractivity contribution in [3.8, 4) is 17.2 Å². The quantitative estimate of drug-likeness (QED) is 0.809. The third-order valence-electron chi connectivity index (χ3n) is 2.86. The highest BCUT2D eigenvalue weighted by atomic mass is 16.5. The second-order valence-corrected chi connectivity index (χ2v) is 5.89. The second kappa shape index (κ2) is 7.77. The van der Waals surface area contributed by atoms with Crippen LogP contribution in [0.4, 0.5) is 5.69 Å². The lowest BCUT2D eigenvalue weighted by Crippen LogP contribution is -2.41. The van der Waals surface area contributed by atoms with Gasteiger partial charge in [-0.05, 0) is 20.8 Å². The van der Waals surface area contributed by atoms with Gasteiger partial charge in [0.2, 0.25) is 11.7 Å². The molecule has 0 aromatic heterocycles. The first-order chi connectivity index (χ1) is 10.3. The maximum atomic E-state index is 11.8. The Labute approximate surface area is 132 Å².